The van der Waals surface area contributed by atoms with Crippen molar-refractivity contribution in [3.05, 3.63) is 12.7 Å². The van der Waals surface area contributed by atoms with Gasteiger partial charge in [0.1, 0.15) is 12.6 Å². The monoisotopic (exact) mass is 342 g/mol. The number of allylic oxidation sites excluding steroid dienone is 1. The van der Waals surface area contributed by atoms with E-state index in [0.717, 1.165) is 11.8 Å². The van der Waals surface area contributed by atoms with Gasteiger partial charge in [-0.05, 0) is 13.1 Å². The van der Waals surface area contributed by atoms with Gasteiger partial charge in [-0.2, -0.15) is 0 Å². The number of nitrogens with zero attached hydrogens (tertiary/aromatic N) is 1. The van der Waals surface area contributed by atoms with E-state index in [1.165, 1.54) is 0 Å². The minimum Gasteiger partial charge on any atom is -0.462 e. The summed E-state index contributed by atoms with van der Waals surface area (Å²) in [5, 5.41) is 2.38. The zero-order valence-corrected chi connectivity index (χ0v) is 14.9. The Hall–Kier alpha value is -1.63. The van der Waals surface area contributed by atoms with Gasteiger partial charge in [0.2, 0.25) is 5.91 Å². The second-order valence-electron chi connectivity index (χ2n) is 5.85. The van der Waals surface area contributed by atoms with Crippen LogP contribution in [-0.4, -0.2) is 47.6 Å². The van der Waals surface area contributed by atoms with Crippen molar-refractivity contribution in [3.63, 3.8) is 0 Å². The third-order valence-corrected chi connectivity index (χ3v) is 3.49. The van der Waals surface area contributed by atoms with E-state index in [1.54, 1.807) is 6.08 Å². The minimum absolute atomic E-state index is 0.0714. The van der Waals surface area contributed by atoms with Gasteiger partial charge in [0.25, 0.3) is 0 Å². The number of carbonyl (C=O) groups excluding carboxylic acids is 3. The second-order valence-corrected chi connectivity index (χ2v) is 7.74. The minimum atomic E-state index is -0.987. The summed E-state index contributed by atoms with van der Waals surface area (Å²) in [6.07, 6.45) is 2.21. The van der Waals surface area contributed by atoms with Crippen LogP contribution in [-0.2, 0) is 19.1 Å². The third-order valence-electron chi connectivity index (χ3n) is 2.48. The Morgan fingerprint density at radius 1 is 1.35 bits per heavy atom. The molecule has 0 saturated heterocycles. The van der Waals surface area contributed by atoms with Crippen LogP contribution < -0.4 is 5.32 Å². The van der Waals surface area contributed by atoms with Gasteiger partial charge in [0, 0.05) is 17.6 Å². The number of ether oxygens (including phenoxy) is 1. The number of carbonyl (C=O) groups is 3. The fourth-order valence-corrected chi connectivity index (χ4v) is 2.49. The van der Waals surface area contributed by atoms with Gasteiger partial charge in [-0.3, -0.25) is 14.6 Å². The molecule has 1 amide bonds. The van der Waals surface area contributed by atoms with Crippen molar-refractivity contribution >= 4 is 35.5 Å². The quantitative estimate of drug-likeness (QED) is 0.284. The molecule has 0 saturated carbocycles. The van der Waals surface area contributed by atoms with Crippen LogP contribution in [0.2, 0.25) is 0 Å². The van der Waals surface area contributed by atoms with Crippen molar-refractivity contribution in [2.75, 3.05) is 13.2 Å². The van der Waals surface area contributed by atoms with Crippen molar-refractivity contribution in [3.8, 4) is 0 Å². The standard InChI is InChI=1S/C16H26N2O4S/c1-6-7-8-13(19)18-12(15(21)22-10-9-17-5)11-14(20)23-16(2,3)4/h6,12H,1,5,7-11H2,2-4H3,(H,18,19)/t12-/m0/s1. The summed E-state index contributed by atoms with van der Waals surface area (Å²) in [5.74, 6) is -0.953. The maximum atomic E-state index is 12.1. The zero-order valence-electron chi connectivity index (χ0n) is 14.1. The lowest BCUT2D eigenvalue weighted by Crippen LogP contribution is -2.43. The van der Waals surface area contributed by atoms with Gasteiger partial charge < -0.3 is 10.1 Å². The fourth-order valence-electron chi connectivity index (χ4n) is 1.55. The Balaban J connectivity index is 4.73. The van der Waals surface area contributed by atoms with Crippen LogP contribution in [0.5, 0.6) is 0 Å². The van der Waals surface area contributed by atoms with Gasteiger partial charge in [0.05, 0.1) is 6.54 Å². The van der Waals surface area contributed by atoms with Crippen LogP contribution >= 0.6 is 11.8 Å². The molecule has 1 N–H and O–H groups in total. The largest absolute Gasteiger partial charge is 0.462 e. The molecular weight excluding hydrogens is 316 g/mol. The summed E-state index contributed by atoms with van der Waals surface area (Å²) >= 11 is 1.13. The molecule has 130 valence electrons. The van der Waals surface area contributed by atoms with Crippen molar-refractivity contribution in [2.45, 2.75) is 50.8 Å². The highest BCUT2D eigenvalue weighted by atomic mass is 32.2. The van der Waals surface area contributed by atoms with Gasteiger partial charge in [-0.1, -0.05) is 38.6 Å². The molecule has 6 nitrogen and oxygen atoms in total. The molecule has 0 spiro atoms. The number of aliphatic imine (C=N–C) groups is 1. The van der Waals surface area contributed by atoms with Crippen LogP contribution in [0.15, 0.2) is 17.6 Å². The van der Waals surface area contributed by atoms with E-state index < -0.39 is 12.0 Å². The highest BCUT2D eigenvalue weighted by molar-refractivity contribution is 8.14. The average Bonchev–Trinajstić information content (AvgIpc) is 2.42. The second kappa shape index (κ2) is 11.0. The molecular formula is C16H26N2O4S. The first kappa shape index (κ1) is 21.4. The molecule has 0 heterocycles. The average molecular weight is 342 g/mol. The summed E-state index contributed by atoms with van der Waals surface area (Å²) in [6.45, 7) is 12.9. The Labute approximate surface area is 142 Å². The first-order valence-electron chi connectivity index (χ1n) is 7.41. The van der Waals surface area contributed by atoms with Crippen molar-refractivity contribution in [2.24, 2.45) is 4.99 Å². The molecule has 0 unspecified atom stereocenters. The van der Waals surface area contributed by atoms with E-state index in [1.807, 2.05) is 20.8 Å². The van der Waals surface area contributed by atoms with E-state index in [4.69, 9.17) is 4.74 Å². The number of amides is 1. The van der Waals surface area contributed by atoms with Crippen molar-refractivity contribution in [1.29, 1.82) is 0 Å². The number of hydrogen-bond acceptors (Lipinski definition) is 6. The Bertz CT molecular complexity index is 444. The summed E-state index contributed by atoms with van der Waals surface area (Å²) in [7, 11) is 0. The summed E-state index contributed by atoms with van der Waals surface area (Å²) in [6, 6.07) is -0.987. The number of rotatable bonds is 10. The zero-order chi connectivity index (χ0) is 17.9. The van der Waals surface area contributed by atoms with Gasteiger partial charge in [0.15, 0.2) is 5.12 Å². The van der Waals surface area contributed by atoms with E-state index >= 15 is 0 Å². The molecule has 1 atom stereocenters. The molecule has 0 fully saturated rings. The van der Waals surface area contributed by atoms with E-state index in [2.05, 4.69) is 23.6 Å². The normalized spacial score (nSPS) is 12.1. The lowest BCUT2D eigenvalue weighted by molar-refractivity contribution is -0.148. The van der Waals surface area contributed by atoms with Crippen LogP contribution in [0.25, 0.3) is 0 Å². The van der Waals surface area contributed by atoms with Gasteiger partial charge >= 0.3 is 5.97 Å². The molecule has 0 aromatic heterocycles. The van der Waals surface area contributed by atoms with Crippen molar-refractivity contribution < 1.29 is 19.1 Å². The molecule has 0 aliphatic rings. The lowest BCUT2D eigenvalue weighted by Gasteiger charge is -2.20. The van der Waals surface area contributed by atoms with E-state index in [-0.39, 0.29) is 41.8 Å². The molecule has 0 bridgehead atoms. The van der Waals surface area contributed by atoms with Gasteiger partial charge in [-0.15, -0.1) is 6.58 Å². The SMILES string of the molecule is C=CCCC(=O)N[C@@H](CC(=O)SC(C)(C)C)C(=O)OCCN=C. The predicted molar refractivity (Wildman–Crippen MR) is 93.7 cm³/mol. The summed E-state index contributed by atoms with van der Waals surface area (Å²) in [5.41, 5.74) is 0. The third kappa shape index (κ3) is 11.6. The molecule has 0 aromatic rings. The molecule has 0 aliphatic carbocycles. The number of thioether (sulfide) groups is 1. The predicted octanol–water partition coefficient (Wildman–Crippen LogP) is 2.13. The first-order chi connectivity index (χ1) is 10.7. The highest BCUT2D eigenvalue weighted by Crippen LogP contribution is 2.25. The van der Waals surface area contributed by atoms with Crippen LogP contribution in [0.1, 0.15) is 40.0 Å². The lowest BCUT2D eigenvalue weighted by atomic mass is 10.2. The van der Waals surface area contributed by atoms with Crippen LogP contribution in [0.3, 0.4) is 0 Å². The van der Waals surface area contributed by atoms with E-state index in [0.29, 0.717) is 6.42 Å². The van der Waals surface area contributed by atoms with E-state index in [9.17, 15) is 14.4 Å². The number of esters is 1. The molecule has 0 aliphatic heterocycles. The molecule has 0 aromatic carbocycles. The van der Waals surface area contributed by atoms with Gasteiger partial charge in [-0.25, -0.2) is 4.79 Å². The van der Waals surface area contributed by atoms with Crippen LogP contribution in [0, 0.1) is 0 Å². The maximum Gasteiger partial charge on any atom is 0.329 e. The summed E-state index contributed by atoms with van der Waals surface area (Å²) < 4.78 is 4.75. The Kier molecular flexibility index (Phi) is 10.2. The molecule has 0 rings (SSSR count). The molecule has 23 heavy (non-hydrogen) atoms. The first-order valence-corrected chi connectivity index (χ1v) is 8.22. The number of nitrogens with one attached hydrogen (secondary N) is 1. The highest BCUT2D eigenvalue weighted by Gasteiger charge is 2.27. The Morgan fingerprint density at radius 2 is 2.00 bits per heavy atom. The smallest absolute Gasteiger partial charge is 0.329 e. The molecule has 7 heteroatoms. The number of hydrogen-bond donors (Lipinski definition) is 1. The fraction of sp³-hybridized carbons (Fsp3) is 0.625. The van der Waals surface area contributed by atoms with Crippen LogP contribution in [0.4, 0.5) is 0 Å². The topological polar surface area (TPSA) is 84.8 Å². The summed E-state index contributed by atoms with van der Waals surface area (Å²) in [4.78, 5) is 39.5. The maximum absolute atomic E-state index is 12.1. The molecule has 0 radical (unpaired) electrons. The Morgan fingerprint density at radius 3 is 2.52 bits per heavy atom. The van der Waals surface area contributed by atoms with Crippen molar-refractivity contribution in [1.82, 2.24) is 5.32 Å².